The quantitative estimate of drug-likeness (QED) is 0.849. The summed E-state index contributed by atoms with van der Waals surface area (Å²) in [5.41, 5.74) is 4.53. The summed E-state index contributed by atoms with van der Waals surface area (Å²) < 4.78 is 11.1. The van der Waals surface area contributed by atoms with Crippen LogP contribution in [0.5, 0.6) is 11.5 Å². The van der Waals surface area contributed by atoms with Gasteiger partial charge in [-0.05, 0) is 62.1 Å². The Morgan fingerprint density at radius 2 is 1.92 bits per heavy atom. The highest BCUT2D eigenvalue weighted by Gasteiger charge is 2.39. The number of phenolic OH excluding ortho intramolecular Hbond substituents is 1. The van der Waals surface area contributed by atoms with Crippen molar-refractivity contribution in [3.63, 3.8) is 0 Å². The van der Waals surface area contributed by atoms with E-state index >= 15 is 0 Å². The van der Waals surface area contributed by atoms with Crippen LogP contribution in [0.1, 0.15) is 45.1 Å². The van der Waals surface area contributed by atoms with Crippen LogP contribution >= 0.6 is 0 Å². The molecule has 3 rings (SSSR count). The van der Waals surface area contributed by atoms with Gasteiger partial charge in [-0.1, -0.05) is 12.1 Å². The van der Waals surface area contributed by atoms with Gasteiger partial charge in [-0.2, -0.15) is 0 Å². The second-order valence-electron chi connectivity index (χ2n) is 6.61. The molecule has 0 spiro atoms. The van der Waals surface area contributed by atoms with E-state index in [9.17, 15) is 9.90 Å². The monoisotopic (exact) mass is 326 g/mol. The Morgan fingerprint density at radius 3 is 2.58 bits per heavy atom. The molecule has 1 heterocycles. The molecule has 0 bridgehead atoms. The first-order valence-electron chi connectivity index (χ1n) is 7.98. The second kappa shape index (κ2) is 5.55. The standard InChI is InChI=1S/C20H22O4/c1-11-12(2)18-16(13(3)17(11)21)10-20(4,24-18)15-8-6-7-14(9-15)19(22)23-5/h6-9,21H,10H2,1-5H3. The number of carbonyl (C=O) groups excluding carboxylic acids is 1. The van der Waals surface area contributed by atoms with Crippen molar-refractivity contribution >= 4 is 5.97 Å². The molecule has 126 valence electrons. The number of aromatic hydroxyl groups is 1. The van der Waals surface area contributed by atoms with Crippen molar-refractivity contribution in [3.05, 3.63) is 57.6 Å². The summed E-state index contributed by atoms with van der Waals surface area (Å²) in [6, 6.07) is 7.33. The number of ether oxygens (including phenoxy) is 2. The van der Waals surface area contributed by atoms with Crippen LogP contribution in [0.2, 0.25) is 0 Å². The van der Waals surface area contributed by atoms with Gasteiger partial charge in [-0.3, -0.25) is 0 Å². The van der Waals surface area contributed by atoms with Crippen LogP contribution in [0.3, 0.4) is 0 Å². The van der Waals surface area contributed by atoms with E-state index < -0.39 is 5.60 Å². The summed E-state index contributed by atoms with van der Waals surface area (Å²) in [6.45, 7) is 7.79. The van der Waals surface area contributed by atoms with Gasteiger partial charge in [0.1, 0.15) is 17.1 Å². The Kier molecular flexibility index (Phi) is 3.78. The Morgan fingerprint density at radius 1 is 1.21 bits per heavy atom. The first-order valence-corrected chi connectivity index (χ1v) is 7.98. The maximum atomic E-state index is 11.8. The molecule has 2 aromatic carbocycles. The Labute approximate surface area is 142 Å². The Balaban J connectivity index is 2.07. The van der Waals surface area contributed by atoms with Crippen molar-refractivity contribution in [2.75, 3.05) is 7.11 Å². The lowest BCUT2D eigenvalue weighted by Crippen LogP contribution is -2.27. The average molecular weight is 326 g/mol. The zero-order valence-corrected chi connectivity index (χ0v) is 14.7. The molecule has 0 fully saturated rings. The Bertz CT molecular complexity index is 799. The van der Waals surface area contributed by atoms with Crippen molar-refractivity contribution in [2.24, 2.45) is 0 Å². The predicted octanol–water partition coefficient (Wildman–Crippen LogP) is 3.95. The molecule has 1 unspecified atom stereocenters. The molecule has 24 heavy (non-hydrogen) atoms. The highest BCUT2D eigenvalue weighted by atomic mass is 16.5. The molecule has 0 aromatic heterocycles. The third kappa shape index (κ3) is 2.33. The highest BCUT2D eigenvalue weighted by Crippen LogP contribution is 2.48. The smallest absolute Gasteiger partial charge is 0.337 e. The number of benzene rings is 2. The van der Waals surface area contributed by atoms with Crippen LogP contribution in [-0.4, -0.2) is 18.2 Å². The van der Waals surface area contributed by atoms with Gasteiger partial charge in [0.05, 0.1) is 12.7 Å². The minimum absolute atomic E-state index is 0.336. The van der Waals surface area contributed by atoms with Crippen molar-refractivity contribution in [1.82, 2.24) is 0 Å². The van der Waals surface area contributed by atoms with Crippen molar-refractivity contribution < 1.29 is 19.4 Å². The second-order valence-corrected chi connectivity index (χ2v) is 6.61. The van der Waals surface area contributed by atoms with Crippen molar-refractivity contribution in [1.29, 1.82) is 0 Å². The summed E-state index contributed by atoms with van der Waals surface area (Å²) in [6.07, 6.45) is 0.646. The van der Waals surface area contributed by atoms with E-state index in [2.05, 4.69) is 0 Å². The van der Waals surface area contributed by atoms with Crippen LogP contribution in [-0.2, 0) is 16.8 Å². The molecular formula is C20H22O4. The van der Waals surface area contributed by atoms with Gasteiger partial charge in [0.2, 0.25) is 0 Å². The van der Waals surface area contributed by atoms with Gasteiger partial charge < -0.3 is 14.6 Å². The molecule has 0 amide bonds. The first-order chi connectivity index (χ1) is 11.3. The lowest BCUT2D eigenvalue weighted by atomic mass is 9.87. The molecule has 1 N–H and O–H groups in total. The maximum Gasteiger partial charge on any atom is 0.337 e. The summed E-state index contributed by atoms with van der Waals surface area (Å²) in [4.78, 5) is 11.8. The van der Waals surface area contributed by atoms with Crippen LogP contribution in [0.15, 0.2) is 24.3 Å². The van der Waals surface area contributed by atoms with Crippen LogP contribution < -0.4 is 4.74 Å². The molecule has 0 radical (unpaired) electrons. The minimum Gasteiger partial charge on any atom is -0.507 e. The number of phenols is 1. The van der Waals surface area contributed by atoms with E-state index in [0.717, 1.165) is 33.6 Å². The van der Waals surface area contributed by atoms with E-state index in [1.165, 1.54) is 7.11 Å². The number of esters is 1. The fourth-order valence-corrected chi connectivity index (χ4v) is 3.37. The zero-order chi connectivity index (χ0) is 17.6. The van der Waals surface area contributed by atoms with Gasteiger partial charge in [-0.15, -0.1) is 0 Å². The summed E-state index contributed by atoms with van der Waals surface area (Å²) in [5, 5.41) is 10.3. The molecule has 1 aliphatic heterocycles. The lowest BCUT2D eigenvalue weighted by Gasteiger charge is -2.25. The molecular weight excluding hydrogens is 304 g/mol. The van der Waals surface area contributed by atoms with Crippen LogP contribution in [0, 0.1) is 20.8 Å². The zero-order valence-electron chi connectivity index (χ0n) is 14.7. The van der Waals surface area contributed by atoms with Gasteiger partial charge >= 0.3 is 5.97 Å². The third-order valence-electron chi connectivity index (χ3n) is 5.08. The van der Waals surface area contributed by atoms with Crippen LogP contribution in [0.25, 0.3) is 0 Å². The lowest BCUT2D eigenvalue weighted by molar-refractivity contribution is 0.0600. The normalized spacial score (nSPS) is 18.9. The van der Waals surface area contributed by atoms with E-state index in [1.54, 1.807) is 6.07 Å². The molecule has 0 saturated carbocycles. The van der Waals surface area contributed by atoms with Crippen LogP contribution in [0.4, 0.5) is 0 Å². The number of fused-ring (bicyclic) bond motifs is 1. The van der Waals surface area contributed by atoms with E-state index in [0.29, 0.717) is 17.7 Å². The molecule has 2 aromatic rings. The number of methoxy groups -OCH3 is 1. The molecule has 0 aliphatic carbocycles. The number of hydrogen-bond acceptors (Lipinski definition) is 4. The molecule has 4 heteroatoms. The first kappa shape index (κ1) is 16.4. The van der Waals surface area contributed by atoms with Gasteiger partial charge in [0.15, 0.2) is 0 Å². The Hall–Kier alpha value is -2.49. The molecule has 1 aliphatic rings. The largest absolute Gasteiger partial charge is 0.507 e. The third-order valence-corrected chi connectivity index (χ3v) is 5.08. The van der Waals surface area contributed by atoms with Gasteiger partial charge in [-0.25, -0.2) is 4.79 Å². The molecule has 1 atom stereocenters. The summed E-state index contributed by atoms with van der Waals surface area (Å²) in [5.74, 6) is 0.813. The van der Waals surface area contributed by atoms with E-state index in [4.69, 9.17) is 9.47 Å². The summed E-state index contributed by atoms with van der Waals surface area (Å²) in [7, 11) is 1.37. The maximum absolute atomic E-state index is 11.8. The predicted molar refractivity (Wildman–Crippen MR) is 91.8 cm³/mol. The minimum atomic E-state index is -0.581. The number of hydrogen-bond donors (Lipinski definition) is 1. The fraction of sp³-hybridized carbons (Fsp3) is 0.350. The van der Waals surface area contributed by atoms with Crippen molar-refractivity contribution in [3.8, 4) is 11.5 Å². The fourth-order valence-electron chi connectivity index (χ4n) is 3.37. The number of rotatable bonds is 2. The van der Waals surface area contributed by atoms with Crippen molar-refractivity contribution in [2.45, 2.75) is 39.7 Å². The highest BCUT2D eigenvalue weighted by molar-refractivity contribution is 5.89. The number of carbonyl (C=O) groups is 1. The average Bonchev–Trinajstić information content (AvgIpc) is 2.97. The van der Waals surface area contributed by atoms with Gasteiger partial charge in [0.25, 0.3) is 0 Å². The topological polar surface area (TPSA) is 55.8 Å². The van der Waals surface area contributed by atoms with Gasteiger partial charge in [0, 0.05) is 12.0 Å². The van der Waals surface area contributed by atoms with E-state index in [-0.39, 0.29) is 5.97 Å². The van der Waals surface area contributed by atoms with E-state index in [1.807, 2.05) is 45.9 Å². The molecule has 4 nitrogen and oxygen atoms in total. The SMILES string of the molecule is COC(=O)c1cccc(C2(C)Cc3c(C)c(O)c(C)c(C)c3O2)c1. The summed E-state index contributed by atoms with van der Waals surface area (Å²) >= 11 is 0. The molecule has 0 saturated heterocycles.